The smallest absolute Gasteiger partial charge is 0.407 e. The highest BCUT2D eigenvalue weighted by Crippen LogP contribution is 2.06. The topological polar surface area (TPSA) is 50.4 Å². The van der Waals surface area contributed by atoms with E-state index in [1.165, 1.54) is 0 Å². The molecule has 0 saturated carbocycles. The fraction of sp³-hybridized carbons (Fsp3) is 0.923. The van der Waals surface area contributed by atoms with Crippen LogP contribution in [-0.2, 0) is 4.74 Å². The molecule has 1 atom stereocenters. The summed E-state index contributed by atoms with van der Waals surface area (Å²) in [6.07, 6.45) is 1.80. The van der Waals surface area contributed by atoms with Crippen LogP contribution < -0.4 is 10.6 Å². The van der Waals surface area contributed by atoms with Gasteiger partial charge in [0.25, 0.3) is 0 Å². The molecule has 0 rings (SSSR count). The minimum atomic E-state index is -0.435. The molecule has 1 unspecified atom stereocenters. The maximum Gasteiger partial charge on any atom is 0.407 e. The van der Waals surface area contributed by atoms with Crippen molar-refractivity contribution in [3.05, 3.63) is 0 Å². The van der Waals surface area contributed by atoms with Gasteiger partial charge >= 0.3 is 6.09 Å². The van der Waals surface area contributed by atoms with Crippen LogP contribution in [0, 0.1) is 0 Å². The van der Waals surface area contributed by atoms with Crippen molar-refractivity contribution in [1.82, 2.24) is 10.6 Å². The first kappa shape index (κ1) is 16.2. The zero-order valence-corrected chi connectivity index (χ0v) is 12.1. The summed E-state index contributed by atoms with van der Waals surface area (Å²) in [6, 6.07) is 0.736. The Labute approximate surface area is 105 Å². The standard InChI is InChI=1S/C13H28N2O2/c1-7-8-11(15-10(2)3)9-14-12(16)17-13(4,5)6/h10-11,15H,7-9H2,1-6H3,(H,14,16). The highest BCUT2D eigenvalue weighted by molar-refractivity contribution is 5.67. The molecule has 0 aromatic rings. The molecule has 0 spiro atoms. The summed E-state index contributed by atoms with van der Waals surface area (Å²) in [6.45, 7) is 12.6. The van der Waals surface area contributed by atoms with E-state index in [0.29, 0.717) is 18.6 Å². The summed E-state index contributed by atoms with van der Waals surface area (Å²) < 4.78 is 5.19. The van der Waals surface area contributed by atoms with Gasteiger partial charge in [-0.3, -0.25) is 0 Å². The molecule has 1 amide bonds. The summed E-state index contributed by atoms with van der Waals surface area (Å²) in [5.74, 6) is 0. The quantitative estimate of drug-likeness (QED) is 0.755. The van der Waals surface area contributed by atoms with E-state index in [4.69, 9.17) is 4.74 Å². The van der Waals surface area contributed by atoms with Gasteiger partial charge in [0.15, 0.2) is 0 Å². The monoisotopic (exact) mass is 244 g/mol. The number of alkyl carbamates (subject to hydrolysis) is 1. The molecule has 0 saturated heterocycles. The van der Waals surface area contributed by atoms with E-state index >= 15 is 0 Å². The van der Waals surface area contributed by atoms with Gasteiger partial charge in [-0.2, -0.15) is 0 Å². The molecule has 102 valence electrons. The highest BCUT2D eigenvalue weighted by Gasteiger charge is 2.17. The van der Waals surface area contributed by atoms with Crippen molar-refractivity contribution >= 4 is 6.09 Å². The average Bonchev–Trinajstić information content (AvgIpc) is 2.11. The lowest BCUT2D eigenvalue weighted by atomic mass is 10.1. The number of ether oxygens (including phenoxy) is 1. The Kier molecular flexibility index (Phi) is 7.19. The maximum absolute atomic E-state index is 11.5. The highest BCUT2D eigenvalue weighted by atomic mass is 16.6. The lowest BCUT2D eigenvalue weighted by Gasteiger charge is -2.23. The van der Waals surface area contributed by atoms with E-state index in [-0.39, 0.29) is 6.09 Å². The van der Waals surface area contributed by atoms with Gasteiger partial charge in [0.05, 0.1) is 0 Å². The van der Waals surface area contributed by atoms with Crippen LogP contribution in [0.2, 0.25) is 0 Å². The van der Waals surface area contributed by atoms with Gasteiger partial charge in [0, 0.05) is 18.6 Å². The molecule has 0 aromatic heterocycles. The molecule has 0 aliphatic carbocycles. The molecule has 0 aliphatic rings. The van der Waals surface area contributed by atoms with Crippen molar-refractivity contribution in [3.63, 3.8) is 0 Å². The first-order valence-electron chi connectivity index (χ1n) is 6.47. The summed E-state index contributed by atoms with van der Waals surface area (Å²) in [5.41, 5.74) is -0.435. The molecule has 4 nitrogen and oxygen atoms in total. The normalized spacial score (nSPS) is 13.6. The zero-order valence-electron chi connectivity index (χ0n) is 12.1. The number of carbonyl (C=O) groups excluding carboxylic acids is 1. The summed E-state index contributed by atoms with van der Waals surface area (Å²) in [5, 5.41) is 6.23. The number of carbonyl (C=O) groups is 1. The second-order valence-corrected chi connectivity index (χ2v) is 5.69. The molecule has 4 heteroatoms. The van der Waals surface area contributed by atoms with E-state index < -0.39 is 5.60 Å². The maximum atomic E-state index is 11.5. The molecular formula is C13H28N2O2. The Hall–Kier alpha value is -0.770. The summed E-state index contributed by atoms with van der Waals surface area (Å²) in [7, 11) is 0. The van der Waals surface area contributed by atoms with Crippen LogP contribution in [0.5, 0.6) is 0 Å². The Morgan fingerprint density at radius 2 is 1.88 bits per heavy atom. The van der Waals surface area contributed by atoms with Crippen LogP contribution in [0.1, 0.15) is 54.4 Å². The molecule has 17 heavy (non-hydrogen) atoms. The van der Waals surface area contributed by atoms with Gasteiger partial charge in [-0.05, 0) is 27.2 Å². The van der Waals surface area contributed by atoms with Crippen LogP contribution in [0.3, 0.4) is 0 Å². The lowest BCUT2D eigenvalue weighted by Crippen LogP contribution is -2.44. The van der Waals surface area contributed by atoms with Gasteiger partial charge in [0.1, 0.15) is 5.60 Å². The number of amides is 1. The third kappa shape index (κ3) is 10.1. The van der Waals surface area contributed by atoms with Crippen molar-refractivity contribution in [3.8, 4) is 0 Å². The second kappa shape index (κ2) is 7.54. The summed E-state index contributed by atoms with van der Waals surface area (Å²) in [4.78, 5) is 11.5. The van der Waals surface area contributed by atoms with Gasteiger partial charge in [-0.15, -0.1) is 0 Å². The predicted octanol–water partition coefficient (Wildman–Crippen LogP) is 2.68. The lowest BCUT2D eigenvalue weighted by molar-refractivity contribution is 0.0521. The molecule has 0 fully saturated rings. The number of hydrogen-bond donors (Lipinski definition) is 2. The number of hydrogen-bond acceptors (Lipinski definition) is 3. The van der Waals surface area contributed by atoms with Crippen molar-refractivity contribution < 1.29 is 9.53 Å². The van der Waals surface area contributed by atoms with Gasteiger partial charge < -0.3 is 15.4 Å². The first-order valence-corrected chi connectivity index (χ1v) is 6.47. The van der Waals surface area contributed by atoms with Gasteiger partial charge in [-0.1, -0.05) is 27.2 Å². The van der Waals surface area contributed by atoms with Crippen molar-refractivity contribution in [2.24, 2.45) is 0 Å². The number of nitrogens with one attached hydrogen (secondary N) is 2. The molecule has 0 aromatic carbocycles. The Morgan fingerprint density at radius 1 is 1.29 bits per heavy atom. The fourth-order valence-electron chi connectivity index (χ4n) is 1.58. The summed E-state index contributed by atoms with van der Waals surface area (Å²) >= 11 is 0. The van der Waals surface area contributed by atoms with E-state index in [2.05, 4.69) is 31.4 Å². The largest absolute Gasteiger partial charge is 0.444 e. The van der Waals surface area contributed by atoms with Gasteiger partial charge in [0.2, 0.25) is 0 Å². The van der Waals surface area contributed by atoms with E-state index in [0.717, 1.165) is 12.8 Å². The number of rotatable bonds is 6. The molecular weight excluding hydrogens is 216 g/mol. The van der Waals surface area contributed by atoms with E-state index in [9.17, 15) is 4.79 Å². The predicted molar refractivity (Wildman–Crippen MR) is 71.2 cm³/mol. The second-order valence-electron chi connectivity index (χ2n) is 5.69. The third-order valence-corrected chi connectivity index (χ3v) is 2.10. The van der Waals surface area contributed by atoms with Crippen molar-refractivity contribution in [1.29, 1.82) is 0 Å². The zero-order chi connectivity index (χ0) is 13.5. The molecule has 0 radical (unpaired) electrons. The Bertz CT molecular complexity index is 222. The Balaban J connectivity index is 3.99. The minimum Gasteiger partial charge on any atom is -0.444 e. The minimum absolute atomic E-state index is 0.313. The van der Waals surface area contributed by atoms with E-state index in [1.54, 1.807) is 0 Å². The third-order valence-electron chi connectivity index (χ3n) is 2.10. The van der Waals surface area contributed by atoms with Crippen molar-refractivity contribution in [2.45, 2.75) is 72.1 Å². The van der Waals surface area contributed by atoms with Gasteiger partial charge in [-0.25, -0.2) is 4.79 Å². The Morgan fingerprint density at radius 3 is 2.29 bits per heavy atom. The van der Waals surface area contributed by atoms with Crippen LogP contribution in [0.15, 0.2) is 0 Å². The molecule has 0 bridgehead atoms. The molecule has 2 N–H and O–H groups in total. The molecule has 0 aliphatic heterocycles. The van der Waals surface area contributed by atoms with Crippen LogP contribution >= 0.6 is 0 Å². The van der Waals surface area contributed by atoms with Crippen LogP contribution in [-0.4, -0.2) is 30.3 Å². The average molecular weight is 244 g/mol. The van der Waals surface area contributed by atoms with Crippen LogP contribution in [0.4, 0.5) is 4.79 Å². The van der Waals surface area contributed by atoms with Crippen molar-refractivity contribution in [2.75, 3.05) is 6.54 Å². The van der Waals surface area contributed by atoms with Crippen LogP contribution in [0.25, 0.3) is 0 Å². The SMILES string of the molecule is CCCC(CNC(=O)OC(C)(C)C)NC(C)C. The molecule has 0 heterocycles. The fourth-order valence-corrected chi connectivity index (χ4v) is 1.58. The first-order chi connectivity index (χ1) is 7.74. The van der Waals surface area contributed by atoms with E-state index in [1.807, 2.05) is 20.8 Å².